The maximum absolute atomic E-state index is 12.4. The molecule has 0 fully saturated rings. The van der Waals surface area contributed by atoms with Crippen molar-refractivity contribution in [2.75, 3.05) is 13.7 Å². The van der Waals surface area contributed by atoms with Gasteiger partial charge in [0.15, 0.2) is 5.78 Å². The number of hydrogen-bond acceptors (Lipinski definition) is 4. The summed E-state index contributed by atoms with van der Waals surface area (Å²) >= 11 is 0. The number of esters is 1. The van der Waals surface area contributed by atoms with Crippen LogP contribution in [0, 0.1) is 0 Å². The molecule has 1 heterocycles. The number of Topliss-reactive ketones (excluding diaryl/α,β-unsaturated/α-hetero) is 1. The van der Waals surface area contributed by atoms with Gasteiger partial charge in [-0.3, -0.25) is 4.79 Å². The molecule has 1 unspecified atom stereocenters. The Kier molecular flexibility index (Phi) is 5.16. The number of nitrogens with zero attached hydrogens (tertiary/aromatic N) is 1. The Labute approximate surface area is 135 Å². The Bertz CT molecular complexity index is 652. The third-order valence-corrected chi connectivity index (χ3v) is 3.82. The first-order valence-corrected chi connectivity index (χ1v) is 7.46. The molecule has 0 aromatic heterocycles. The van der Waals surface area contributed by atoms with Crippen LogP contribution in [-0.4, -0.2) is 42.4 Å². The minimum atomic E-state index is -0.689. The van der Waals surface area contributed by atoms with Crippen molar-refractivity contribution in [3.05, 3.63) is 47.2 Å². The maximum Gasteiger partial charge on any atom is 0.337 e. The second-order valence-electron chi connectivity index (χ2n) is 5.27. The molecule has 6 heteroatoms. The molecule has 0 aliphatic carbocycles. The van der Waals surface area contributed by atoms with Crippen molar-refractivity contribution < 1.29 is 19.1 Å². The summed E-state index contributed by atoms with van der Waals surface area (Å²) in [5.41, 5.74) is 1.36. The van der Waals surface area contributed by atoms with Crippen molar-refractivity contribution in [3.8, 4) is 0 Å². The predicted octanol–water partition coefficient (Wildman–Crippen LogP) is 2.12. The summed E-state index contributed by atoms with van der Waals surface area (Å²) in [4.78, 5) is 37.9. The number of rotatable bonds is 5. The average molecular weight is 316 g/mol. The molecule has 1 atom stereocenters. The zero-order valence-corrected chi connectivity index (χ0v) is 13.5. The van der Waals surface area contributed by atoms with Crippen LogP contribution in [-0.2, 0) is 9.53 Å². The lowest BCUT2D eigenvalue weighted by atomic mass is 9.95. The SMILES string of the molecule is CCOC(=O)C1=C(C)N(C)C(=O)NC1CC(=O)c1ccccc1. The Balaban J connectivity index is 2.29. The Morgan fingerprint density at radius 2 is 1.91 bits per heavy atom. The molecule has 2 amide bonds. The van der Waals surface area contributed by atoms with Crippen molar-refractivity contribution in [3.63, 3.8) is 0 Å². The summed E-state index contributed by atoms with van der Waals surface area (Å²) in [6.45, 7) is 3.61. The first kappa shape index (κ1) is 16.7. The van der Waals surface area contributed by atoms with Gasteiger partial charge in [0.25, 0.3) is 0 Å². The van der Waals surface area contributed by atoms with Gasteiger partial charge in [-0.1, -0.05) is 30.3 Å². The number of ketones is 1. The summed E-state index contributed by atoms with van der Waals surface area (Å²) in [5.74, 6) is -0.655. The molecule has 23 heavy (non-hydrogen) atoms. The normalized spacial score (nSPS) is 17.8. The van der Waals surface area contributed by atoms with Crippen LogP contribution in [0.4, 0.5) is 4.79 Å². The maximum atomic E-state index is 12.4. The molecule has 0 spiro atoms. The van der Waals surface area contributed by atoms with E-state index in [4.69, 9.17) is 4.74 Å². The Morgan fingerprint density at radius 1 is 1.26 bits per heavy atom. The molecular formula is C17H20N2O4. The van der Waals surface area contributed by atoms with E-state index in [9.17, 15) is 14.4 Å². The van der Waals surface area contributed by atoms with Crippen LogP contribution in [0.3, 0.4) is 0 Å². The lowest BCUT2D eigenvalue weighted by Gasteiger charge is -2.32. The highest BCUT2D eigenvalue weighted by Gasteiger charge is 2.35. The second kappa shape index (κ2) is 7.09. The van der Waals surface area contributed by atoms with E-state index < -0.39 is 12.0 Å². The third-order valence-electron chi connectivity index (χ3n) is 3.82. The molecule has 2 rings (SSSR count). The molecule has 0 bridgehead atoms. The van der Waals surface area contributed by atoms with Crippen LogP contribution < -0.4 is 5.32 Å². The van der Waals surface area contributed by atoms with Gasteiger partial charge in [-0.15, -0.1) is 0 Å². The van der Waals surface area contributed by atoms with Gasteiger partial charge >= 0.3 is 12.0 Å². The molecule has 0 radical (unpaired) electrons. The predicted molar refractivity (Wildman–Crippen MR) is 84.8 cm³/mol. The van der Waals surface area contributed by atoms with Gasteiger partial charge in [0.1, 0.15) is 0 Å². The van der Waals surface area contributed by atoms with Crippen molar-refractivity contribution >= 4 is 17.8 Å². The van der Waals surface area contributed by atoms with Gasteiger partial charge in [0, 0.05) is 24.7 Å². The molecule has 122 valence electrons. The van der Waals surface area contributed by atoms with Crippen molar-refractivity contribution in [1.29, 1.82) is 0 Å². The first-order chi connectivity index (χ1) is 11.0. The number of nitrogens with one attached hydrogen (secondary N) is 1. The molecule has 1 aromatic rings. The molecule has 1 N–H and O–H groups in total. The third kappa shape index (κ3) is 3.59. The monoisotopic (exact) mass is 316 g/mol. The number of allylic oxidation sites excluding steroid dienone is 1. The van der Waals surface area contributed by atoms with Gasteiger partial charge < -0.3 is 15.0 Å². The smallest absolute Gasteiger partial charge is 0.337 e. The van der Waals surface area contributed by atoms with Crippen LogP contribution in [0.2, 0.25) is 0 Å². The van der Waals surface area contributed by atoms with Crippen LogP contribution >= 0.6 is 0 Å². The molecule has 0 saturated heterocycles. The molecule has 1 aliphatic rings. The molecule has 0 saturated carbocycles. The van der Waals surface area contributed by atoms with E-state index in [0.29, 0.717) is 16.8 Å². The Hall–Kier alpha value is -2.63. The van der Waals surface area contributed by atoms with Crippen LogP contribution in [0.1, 0.15) is 30.6 Å². The van der Waals surface area contributed by atoms with Crippen LogP contribution in [0.25, 0.3) is 0 Å². The topological polar surface area (TPSA) is 75.7 Å². The lowest BCUT2D eigenvalue weighted by Crippen LogP contribution is -2.51. The fourth-order valence-corrected chi connectivity index (χ4v) is 2.48. The highest BCUT2D eigenvalue weighted by atomic mass is 16.5. The lowest BCUT2D eigenvalue weighted by molar-refractivity contribution is -0.139. The standard InChI is InChI=1S/C17H20N2O4/c1-4-23-16(21)15-11(2)19(3)17(22)18-13(15)10-14(20)12-8-6-5-7-9-12/h5-9,13H,4,10H2,1-3H3,(H,18,22). The second-order valence-corrected chi connectivity index (χ2v) is 5.27. The summed E-state index contributed by atoms with van der Waals surface area (Å²) in [5, 5.41) is 2.69. The number of urea groups is 1. The molecule has 1 aromatic carbocycles. The van der Waals surface area contributed by atoms with Gasteiger partial charge in [0.2, 0.25) is 0 Å². The minimum absolute atomic E-state index is 0.00901. The van der Waals surface area contributed by atoms with Gasteiger partial charge in [-0.2, -0.15) is 0 Å². The van der Waals surface area contributed by atoms with E-state index in [-0.39, 0.29) is 24.8 Å². The van der Waals surface area contributed by atoms with E-state index in [0.717, 1.165) is 0 Å². The van der Waals surface area contributed by atoms with Gasteiger partial charge in [-0.25, -0.2) is 9.59 Å². The minimum Gasteiger partial charge on any atom is -0.463 e. The average Bonchev–Trinajstić information content (AvgIpc) is 2.53. The molecular weight excluding hydrogens is 296 g/mol. The first-order valence-electron chi connectivity index (χ1n) is 7.46. The number of carbonyl (C=O) groups is 3. The summed E-state index contributed by atoms with van der Waals surface area (Å²) in [7, 11) is 1.57. The molecule has 1 aliphatic heterocycles. The van der Waals surface area contributed by atoms with Crippen molar-refractivity contribution in [1.82, 2.24) is 10.2 Å². The number of ether oxygens (including phenoxy) is 1. The molecule has 6 nitrogen and oxygen atoms in total. The fourth-order valence-electron chi connectivity index (χ4n) is 2.48. The van der Waals surface area contributed by atoms with E-state index in [2.05, 4.69) is 5.32 Å². The van der Waals surface area contributed by atoms with Crippen molar-refractivity contribution in [2.24, 2.45) is 0 Å². The van der Waals surface area contributed by atoms with Crippen LogP contribution in [0.5, 0.6) is 0 Å². The Morgan fingerprint density at radius 3 is 2.52 bits per heavy atom. The van der Waals surface area contributed by atoms with E-state index in [1.54, 1.807) is 45.2 Å². The quantitative estimate of drug-likeness (QED) is 0.667. The summed E-state index contributed by atoms with van der Waals surface area (Å²) < 4.78 is 5.07. The zero-order valence-electron chi connectivity index (χ0n) is 13.5. The van der Waals surface area contributed by atoms with Crippen molar-refractivity contribution in [2.45, 2.75) is 26.3 Å². The zero-order chi connectivity index (χ0) is 17.0. The fraction of sp³-hybridized carbons (Fsp3) is 0.353. The number of hydrogen-bond donors (Lipinski definition) is 1. The van der Waals surface area contributed by atoms with E-state index in [1.807, 2.05) is 6.07 Å². The van der Waals surface area contributed by atoms with Crippen LogP contribution in [0.15, 0.2) is 41.6 Å². The number of benzene rings is 1. The number of amides is 2. The largest absolute Gasteiger partial charge is 0.463 e. The summed E-state index contributed by atoms with van der Waals surface area (Å²) in [6.07, 6.45) is 0.00901. The van der Waals surface area contributed by atoms with Gasteiger partial charge in [-0.05, 0) is 13.8 Å². The highest BCUT2D eigenvalue weighted by Crippen LogP contribution is 2.23. The van der Waals surface area contributed by atoms with E-state index in [1.165, 1.54) is 4.90 Å². The highest BCUT2D eigenvalue weighted by molar-refractivity contribution is 6.00. The number of carbonyl (C=O) groups excluding carboxylic acids is 3. The van der Waals surface area contributed by atoms with E-state index >= 15 is 0 Å². The summed E-state index contributed by atoms with van der Waals surface area (Å²) in [6, 6.07) is 7.75. The van der Waals surface area contributed by atoms with Gasteiger partial charge in [0.05, 0.1) is 18.2 Å².